The molecule has 0 aliphatic carbocycles. The molecule has 0 saturated heterocycles. The second-order valence-electron chi connectivity index (χ2n) is 5.67. The summed E-state index contributed by atoms with van der Waals surface area (Å²) in [6, 6.07) is 10.9. The first-order chi connectivity index (χ1) is 12.7. The molecule has 0 aromatic heterocycles. The Hall–Kier alpha value is -2.31. The summed E-state index contributed by atoms with van der Waals surface area (Å²) >= 11 is 11.8. The summed E-state index contributed by atoms with van der Waals surface area (Å²) < 4.78 is 42.1. The Bertz CT molecular complexity index is 873. The molecule has 1 atom stereocenters. The molecule has 0 aliphatic rings. The highest BCUT2D eigenvalue weighted by atomic mass is 35.5. The summed E-state index contributed by atoms with van der Waals surface area (Å²) in [5.74, 6) is -1.87. The Morgan fingerprint density at radius 1 is 1.11 bits per heavy atom. The van der Waals surface area contributed by atoms with Crippen LogP contribution in [0.15, 0.2) is 53.5 Å². The van der Waals surface area contributed by atoms with Crippen molar-refractivity contribution in [2.24, 2.45) is 10.7 Å². The van der Waals surface area contributed by atoms with Gasteiger partial charge in [0.1, 0.15) is 5.69 Å². The van der Waals surface area contributed by atoms with Gasteiger partial charge in [0.05, 0.1) is 23.0 Å². The first-order valence-electron chi connectivity index (χ1n) is 7.82. The normalized spacial score (nSPS) is 14.2. The van der Waals surface area contributed by atoms with E-state index in [0.717, 1.165) is 6.08 Å². The van der Waals surface area contributed by atoms with E-state index >= 15 is 0 Å². The molecule has 8 heteroatoms. The summed E-state index contributed by atoms with van der Waals surface area (Å²) in [4.78, 5) is 4.17. The molecule has 0 fully saturated rings. The Kier molecular flexibility index (Phi) is 7.05. The van der Waals surface area contributed by atoms with E-state index in [2.05, 4.69) is 4.99 Å². The quantitative estimate of drug-likeness (QED) is 0.383. The van der Waals surface area contributed by atoms with Crippen LogP contribution in [0.25, 0.3) is 6.08 Å². The van der Waals surface area contributed by atoms with Crippen LogP contribution in [0.1, 0.15) is 17.0 Å². The second kappa shape index (κ2) is 9.06. The lowest BCUT2D eigenvalue weighted by atomic mass is 9.97. The topological polar surface area (TPSA) is 41.4 Å². The molecule has 0 amide bonds. The van der Waals surface area contributed by atoms with E-state index in [0.29, 0.717) is 11.3 Å². The van der Waals surface area contributed by atoms with Gasteiger partial charge in [0, 0.05) is 0 Å². The predicted molar refractivity (Wildman–Crippen MR) is 105 cm³/mol. The molecular formula is C19H17Cl2F3N3+. The lowest BCUT2D eigenvalue weighted by molar-refractivity contribution is -0.355. The van der Waals surface area contributed by atoms with Crippen molar-refractivity contribution in [2.75, 3.05) is 7.05 Å². The molecule has 0 heterocycles. The van der Waals surface area contributed by atoms with Crippen LogP contribution < -0.4 is 5.73 Å². The number of rotatable bonds is 5. The average Bonchev–Trinajstić information content (AvgIpc) is 2.63. The van der Waals surface area contributed by atoms with Gasteiger partial charge in [-0.2, -0.15) is 13.2 Å². The van der Waals surface area contributed by atoms with E-state index in [9.17, 15) is 13.2 Å². The van der Waals surface area contributed by atoms with Gasteiger partial charge in [0.2, 0.25) is 6.34 Å². The molecule has 2 aromatic rings. The predicted octanol–water partition coefficient (Wildman–Crippen LogP) is 5.64. The lowest BCUT2D eigenvalue weighted by Crippen LogP contribution is -2.19. The van der Waals surface area contributed by atoms with Gasteiger partial charge >= 0.3 is 6.18 Å². The maximum Gasteiger partial charge on any atom is 0.399 e. The van der Waals surface area contributed by atoms with E-state index in [1.165, 1.54) is 37.0 Å². The van der Waals surface area contributed by atoms with Crippen LogP contribution in [0.4, 0.5) is 18.9 Å². The van der Waals surface area contributed by atoms with Gasteiger partial charge in [-0.1, -0.05) is 59.6 Å². The monoisotopic (exact) mass is 414 g/mol. The molecular weight excluding hydrogens is 398 g/mol. The lowest BCUT2D eigenvalue weighted by Gasteiger charge is -2.19. The number of allylic oxidation sites excluding steroid dienone is 1. The third kappa shape index (κ3) is 5.84. The number of hydrogen-bond acceptors (Lipinski definition) is 1. The van der Waals surface area contributed by atoms with Gasteiger partial charge in [-0.3, -0.25) is 0 Å². The first-order valence-corrected chi connectivity index (χ1v) is 8.58. The maximum absolute atomic E-state index is 13.5. The van der Waals surface area contributed by atoms with Crippen LogP contribution in [0, 0.1) is 0 Å². The number of benzene rings is 2. The fourth-order valence-corrected chi connectivity index (χ4v) is 2.65. The van der Waals surface area contributed by atoms with Gasteiger partial charge in [0.25, 0.3) is 0 Å². The zero-order valence-electron chi connectivity index (χ0n) is 14.3. The number of halogens is 5. The van der Waals surface area contributed by atoms with Crippen molar-refractivity contribution in [3.63, 3.8) is 0 Å². The highest BCUT2D eigenvalue weighted by molar-refractivity contribution is 6.42. The summed E-state index contributed by atoms with van der Waals surface area (Å²) in [5.41, 5.74) is 6.48. The molecule has 2 rings (SSSR count). The Morgan fingerprint density at radius 3 is 2.37 bits per heavy atom. The molecule has 2 aromatic carbocycles. The van der Waals surface area contributed by atoms with Crippen LogP contribution in [0.5, 0.6) is 0 Å². The zero-order chi connectivity index (χ0) is 20.0. The molecule has 2 N–H and O–H groups in total. The van der Waals surface area contributed by atoms with Gasteiger partial charge < -0.3 is 5.73 Å². The molecule has 0 aliphatic heterocycles. The van der Waals surface area contributed by atoms with Gasteiger partial charge in [-0.15, -0.1) is 4.99 Å². The highest BCUT2D eigenvalue weighted by Crippen LogP contribution is 2.41. The summed E-state index contributed by atoms with van der Waals surface area (Å²) in [7, 11) is 1.72. The largest absolute Gasteiger partial charge is 0.399 e. The fourth-order valence-electron chi connectivity index (χ4n) is 2.22. The fraction of sp³-hybridized carbons (Fsp3) is 0.158. The van der Waals surface area contributed by atoms with Crippen molar-refractivity contribution in [3.8, 4) is 0 Å². The summed E-state index contributed by atoms with van der Waals surface area (Å²) in [6.45, 7) is 0. The molecule has 0 bridgehead atoms. The third-order valence-electron chi connectivity index (χ3n) is 3.67. The van der Waals surface area contributed by atoms with Crippen molar-refractivity contribution in [3.05, 3.63) is 69.7 Å². The van der Waals surface area contributed by atoms with Gasteiger partial charge in [-0.05, 0) is 29.3 Å². The first kappa shape index (κ1) is 21.0. The zero-order valence-corrected chi connectivity index (χ0v) is 15.8. The maximum atomic E-state index is 13.5. The second-order valence-corrected chi connectivity index (χ2v) is 6.46. The number of nitrogens with two attached hydrogens (primary N) is 1. The van der Waals surface area contributed by atoms with Crippen LogP contribution in [0.2, 0.25) is 10.0 Å². The van der Waals surface area contributed by atoms with Crippen molar-refractivity contribution in [1.82, 2.24) is 0 Å². The van der Waals surface area contributed by atoms with E-state index in [1.54, 1.807) is 35.9 Å². The molecule has 0 radical (unpaired) electrons. The number of aliphatic imine (C=N–C) groups is 1. The SMILES string of the molecule is C[N+](C=Nc1ccc(C=CC(c2cccc(Cl)c2Cl)C(F)(F)F)cc1)=CN. The molecule has 0 spiro atoms. The Balaban J connectivity index is 2.27. The minimum absolute atomic E-state index is 0.0822. The number of alkyl halides is 3. The third-order valence-corrected chi connectivity index (χ3v) is 4.50. The number of nitrogens with zero attached hydrogens (tertiary/aromatic N) is 2. The standard InChI is InChI=1S/C19H16Cl2F3N3/c1-27(11-25)12-26-14-8-5-13(6-9-14)7-10-16(19(22,23)24)15-3-2-4-17(20)18(15)21/h2-12,16,25H,1H3/p+1. The van der Waals surface area contributed by atoms with Gasteiger partial charge in [-0.25, -0.2) is 4.58 Å². The molecule has 3 nitrogen and oxygen atoms in total. The van der Waals surface area contributed by atoms with E-state index in [4.69, 9.17) is 28.9 Å². The minimum atomic E-state index is -4.50. The van der Waals surface area contributed by atoms with E-state index in [-0.39, 0.29) is 15.6 Å². The number of hydrogen-bond donors (Lipinski definition) is 1. The van der Waals surface area contributed by atoms with Crippen LogP contribution in [-0.4, -0.2) is 30.5 Å². The summed E-state index contributed by atoms with van der Waals surface area (Å²) in [6.07, 6.45) is 0.818. The van der Waals surface area contributed by atoms with E-state index < -0.39 is 12.1 Å². The molecule has 27 heavy (non-hydrogen) atoms. The van der Waals surface area contributed by atoms with Crippen LogP contribution >= 0.6 is 23.2 Å². The van der Waals surface area contributed by atoms with Crippen LogP contribution in [0.3, 0.4) is 0 Å². The highest BCUT2D eigenvalue weighted by Gasteiger charge is 2.40. The van der Waals surface area contributed by atoms with Crippen molar-refractivity contribution in [2.45, 2.75) is 12.1 Å². The minimum Gasteiger partial charge on any atom is -0.325 e. The molecule has 1 unspecified atom stereocenters. The Morgan fingerprint density at radius 2 is 1.78 bits per heavy atom. The van der Waals surface area contributed by atoms with Crippen molar-refractivity contribution < 1.29 is 17.7 Å². The molecule has 0 saturated carbocycles. The summed E-state index contributed by atoms with van der Waals surface area (Å²) in [5, 5.41) is -0.0182. The van der Waals surface area contributed by atoms with E-state index in [1.807, 2.05) is 0 Å². The average molecular weight is 415 g/mol. The Labute approximate surface area is 165 Å². The van der Waals surface area contributed by atoms with Crippen LogP contribution in [-0.2, 0) is 0 Å². The van der Waals surface area contributed by atoms with Gasteiger partial charge in [0.15, 0.2) is 6.34 Å². The smallest absolute Gasteiger partial charge is 0.325 e. The molecule has 142 valence electrons. The van der Waals surface area contributed by atoms with Crippen molar-refractivity contribution >= 4 is 47.6 Å². The van der Waals surface area contributed by atoms with Crippen molar-refractivity contribution in [1.29, 1.82) is 0 Å².